The molecule has 1 fully saturated rings. The largest absolute Gasteiger partial charge is 0.304 e. The zero-order chi connectivity index (χ0) is 9.97. The fourth-order valence-corrected chi connectivity index (χ4v) is 2.90. The van der Waals surface area contributed by atoms with Gasteiger partial charge in [0.15, 0.2) is 0 Å². The van der Waals surface area contributed by atoms with Gasteiger partial charge in [0.2, 0.25) is 0 Å². The summed E-state index contributed by atoms with van der Waals surface area (Å²) in [5, 5.41) is 0. The number of aromatic nitrogens is 1. The second kappa shape index (κ2) is 4.70. The number of thiazole rings is 1. The summed E-state index contributed by atoms with van der Waals surface area (Å²) in [6.07, 6.45) is 0. The highest BCUT2D eigenvalue weighted by atomic mass is 79.9. The third-order valence-corrected chi connectivity index (χ3v) is 4.32. The maximum absolute atomic E-state index is 4.20. The molecule has 3 nitrogen and oxygen atoms in total. The Balaban J connectivity index is 1.89. The first-order valence-corrected chi connectivity index (χ1v) is 6.42. The van der Waals surface area contributed by atoms with Gasteiger partial charge in [0.05, 0.1) is 10.4 Å². The Hall–Kier alpha value is 0.0300. The van der Waals surface area contributed by atoms with Crippen molar-refractivity contribution in [3.63, 3.8) is 0 Å². The van der Waals surface area contributed by atoms with E-state index in [-0.39, 0.29) is 0 Å². The Morgan fingerprint density at radius 1 is 1.43 bits per heavy atom. The first kappa shape index (κ1) is 10.5. The molecule has 0 unspecified atom stereocenters. The molecule has 1 aliphatic rings. The summed E-state index contributed by atoms with van der Waals surface area (Å²) < 4.78 is 1.02. The molecular weight excluding hydrogens is 262 g/mol. The van der Waals surface area contributed by atoms with Gasteiger partial charge in [-0.05, 0) is 23.0 Å². The van der Waals surface area contributed by atoms with Gasteiger partial charge < -0.3 is 4.90 Å². The summed E-state index contributed by atoms with van der Waals surface area (Å²) >= 11 is 5.20. The van der Waals surface area contributed by atoms with Crippen LogP contribution >= 0.6 is 27.3 Å². The molecule has 5 heteroatoms. The summed E-state index contributed by atoms with van der Waals surface area (Å²) in [5.41, 5.74) is 1.90. The van der Waals surface area contributed by atoms with Crippen molar-refractivity contribution < 1.29 is 0 Å². The van der Waals surface area contributed by atoms with E-state index in [2.05, 4.69) is 37.8 Å². The van der Waals surface area contributed by atoms with Crippen molar-refractivity contribution >= 4 is 27.3 Å². The zero-order valence-corrected chi connectivity index (χ0v) is 10.6. The topological polar surface area (TPSA) is 19.4 Å². The SMILES string of the molecule is CN1CCN(Cc2scnc2Br)CC1. The van der Waals surface area contributed by atoms with Crippen molar-refractivity contribution in [2.24, 2.45) is 0 Å². The normalized spacial score (nSPS) is 20.1. The summed E-state index contributed by atoms with van der Waals surface area (Å²) in [4.78, 5) is 10.4. The standard InChI is InChI=1S/C9H14BrN3S/c1-12-2-4-13(5-3-12)6-8-9(10)11-7-14-8/h7H,2-6H2,1H3. The average molecular weight is 276 g/mol. The van der Waals surface area contributed by atoms with Crippen LogP contribution in [0.3, 0.4) is 0 Å². The van der Waals surface area contributed by atoms with Crippen LogP contribution in [0.5, 0.6) is 0 Å². The maximum Gasteiger partial charge on any atom is 0.121 e. The molecule has 14 heavy (non-hydrogen) atoms. The number of halogens is 1. The Morgan fingerprint density at radius 3 is 2.71 bits per heavy atom. The molecule has 2 heterocycles. The van der Waals surface area contributed by atoms with E-state index in [4.69, 9.17) is 0 Å². The molecule has 1 aromatic heterocycles. The number of piperazine rings is 1. The summed E-state index contributed by atoms with van der Waals surface area (Å²) in [5.74, 6) is 0. The van der Waals surface area contributed by atoms with E-state index in [1.54, 1.807) is 11.3 Å². The second-order valence-electron chi connectivity index (χ2n) is 3.65. The first-order valence-electron chi connectivity index (χ1n) is 4.74. The van der Waals surface area contributed by atoms with Gasteiger partial charge in [0.1, 0.15) is 4.60 Å². The van der Waals surface area contributed by atoms with Crippen molar-refractivity contribution in [1.29, 1.82) is 0 Å². The number of nitrogens with zero attached hydrogens (tertiary/aromatic N) is 3. The van der Waals surface area contributed by atoms with Crippen LogP contribution in [-0.2, 0) is 6.54 Å². The molecule has 1 aliphatic heterocycles. The van der Waals surface area contributed by atoms with Gasteiger partial charge >= 0.3 is 0 Å². The van der Waals surface area contributed by atoms with E-state index in [1.807, 2.05) is 5.51 Å². The lowest BCUT2D eigenvalue weighted by atomic mass is 10.3. The molecule has 0 amide bonds. The third kappa shape index (κ3) is 2.53. The number of hydrogen-bond donors (Lipinski definition) is 0. The molecule has 2 rings (SSSR count). The van der Waals surface area contributed by atoms with Crippen molar-refractivity contribution in [2.75, 3.05) is 33.2 Å². The Morgan fingerprint density at radius 2 is 2.14 bits per heavy atom. The van der Waals surface area contributed by atoms with Crippen LogP contribution in [0, 0.1) is 0 Å². The monoisotopic (exact) mass is 275 g/mol. The Kier molecular flexibility index (Phi) is 3.54. The maximum atomic E-state index is 4.20. The molecule has 0 atom stereocenters. The Bertz CT molecular complexity index is 294. The average Bonchev–Trinajstić information content (AvgIpc) is 2.56. The van der Waals surface area contributed by atoms with E-state index >= 15 is 0 Å². The van der Waals surface area contributed by atoms with Crippen LogP contribution in [0.4, 0.5) is 0 Å². The van der Waals surface area contributed by atoms with Crippen LogP contribution in [0.1, 0.15) is 4.88 Å². The van der Waals surface area contributed by atoms with E-state index in [0.717, 1.165) is 11.1 Å². The predicted octanol–water partition coefficient (Wildman–Crippen LogP) is 1.65. The van der Waals surface area contributed by atoms with Gasteiger partial charge in [-0.25, -0.2) is 4.98 Å². The molecule has 0 N–H and O–H groups in total. The van der Waals surface area contributed by atoms with E-state index < -0.39 is 0 Å². The van der Waals surface area contributed by atoms with E-state index in [9.17, 15) is 0 Å². The minimum Gasteiger partial charge on any atom is -0.304 e. The molecule has 0 aliphatic carbocycles. The van der Waals surface area contributed by atoms with Crippen molar-refractivity contribution in [2.45, 2.75) is 6.54 Å². The number of hydrogen-bond acceptors (Lipinski definition) is 4. The molecule has 0 bridgehead atoms. The van der Waals surface area contributed by atoms with Crippen molar-refractivity contribution in [1.82, 2.24) is 14.8 Å². The molecule has 78 valence electrons. The summed E-state index contributed by atoms with van der Waals surface area (Å²) in [6, 6.07) is 0. The molecule has 0 saturated carbocycles. The van der Waals surface area contributed by atoms with Crippen LogP contribution in [-0.4, -0.2) is 48.0 Å². The van der Waals surface area contributed by atoms with E-state index in [1.165, 1.54) is 31.1 Å². The van der Waals surface area contributed by atoms with E-state index in [0.29, 0.717) is 0 Å². The molecule has 1 saturated heterocycles. The van der Waals surface area contributed by atoms with Gasteiger partial charge in [-0.15, -0.1) is 11.3 Å². The number of rotatable bonds is 2. The van der Waals surface area contributed by atoms with Gasteiger partial charge in [0.25, 0.3) is 0 Å². The molecule has 0 radical (unpaired) electrons. The summed E-state index contributed by atoms with van der Waals surface area (Å²) in [6.45, 7) is 5.73. The molecule has 0 spiro atoms. The van der Waals surface area contributed by atoms with Crippen LogP contribution < -0.4 is 0 Å². The van der Waals surface area contributed by atoms with Gasteiger partial charge in [-0.3, -0.25) is 4.90 Å². The third-order valence-electron chi connectivity index (χ3n) is 2.55. The smallest absolute Gasteiger partial charge is 0.121 e. The molecule has 1 aromatic rings. The Labute approximate surface area is 96.9 Å². The highest BCUT2D eigenvalue weighted by molar-refractivity contribution is 9.10. The zero-order valence-electron chi connectivity index (χ0n) is 8.24. The number of likely N-dealkylation sites (N-methyl/N-ethyl adjacent to an activating group) is 1. The van der Waals surface area contributed by atoms with Crippen LogP contribution in [0.15, 0.2) is 10.1 Å². The van der Waals surface area contributed by atoms with Gasteiger partial charge in [0, 0.05) is 32.7 Å². The quantitative estimate of drug-likeness (QED) is 0.819. The lowest BCUT2D eigenvalue weighted by molar-refractivity contribution is 0.149. The van der Waals surface area contributed by atoms with Crippen LogP contribution in [0.25, 0.3) is 0 Å². The summed E-state index contributed by atoms with van der Waals surface area (Å²) in [7, 11) is 2.18. The fraction of sp³-hybridized carbons (Fsp3) is 0.667. The first-order chi connectivity index (χ1) is 6.75. The van der Waals surface area contributed by atoms with Crippen LogP contribution in [0.2, 0.25) is 0 Å². The highest BCUT2D eigenvalue weighted by Gasteiger charge is 2.15. The fourth-order valence-electron chi connectivity index (χ4n) is 1.57. The van der Waals surface area contributed by atoms with Gasteiger partial charge in [-0.1, -0.05) is 0 Å². The van der Waals surface area contributed by atoms with Crippen molar-refractivity contribution in [3.05, 3.63) is 15.0 Å². The highest BCUT2D eigenvalue weighted by Crippen LogP contribution is 2.21. The molecule has 0 aromatic carbocycles. The van der Waals surface area contributed by atoms with Gasteiger partial charge in [-0.2, -0.15) is 0 Å². The lowest BCUT2D eigenvalue weighted by Crippen LogP contribution is -2.43. The second-order valence-corrected chi connectivity index (χ2v) is 5.34. The van der Waals surface area contributed by atoms with Crippen molar-refractivity contribution in [3.8, 4) is 0 Å². The minimum absolute atomic E-state index is 1.02. The predicted molar refractivity (Wildman–Crippen MR) is 62.6 cm³/mol. The molecular formula is C9H14BrN3S. The lowest BCUT2D eigenvalue weighted by Gasteiger charge is -2.31. The minimum atomic E-state index is 1.02.